The predicted octanol–water partition coefficient (Wildman–Crippen LogP) is 11.4. The van der Waals surface area contributed by atoms with Crippen LogP contribution in [0.15, 0.2) is 157 Å². The van der Waals surface area contributed by atoms with Gasteiger partial charge in [0.1, 0.15) is 0 Å². The number of hydrogen-bond acceptors (Lipinski definition) is 2. The molecular weight excluding hydrogens is 532 g/mol. The van der Waals surface area contributed by atoms with E-state index in [1.54, 1.807) is 0 Å². The van der Waals surface area contributed by atoms with Crippen LogP contribution in [0.5, 0.6) is 0 Å². The molecule has 0 aliphatic heterocycles. The Balaban J connectivity index is 1.36. The molecule has 0 spiro atoms. The van der Waals surface area contributed by atoms with Gasteiger partial charge in [-0.05, 0) is 116 Å². The first kappa shape index (κ1) is 27.7. The highest BCUT2D eigenvalue weighted by atomic mass is 15.2. The van der Waals surface area contributed by atoms with Crippen molar-refractivity contribution in [2.75, 3.05) is 9.80 Å². The Kier molecular flexibility index (Phi) is 7.50. The van der Waals surface area contributed by atoms with Crippen LogP contribution in [0.3, 0.4) is 0 Å². The van der Waals surface area contributed by atoms with Gasteiger partial charge in [-0.15, -0.1) is 0 Å². The molecule has 0 aromatic heterocycles. The maximum Gasteiger partial charge on any atom is 0.0642 e. The van der Waals surface area contributed by atoms with E-state index >= 15 is 0 Å². The van der Waals surface area contributed by atoms with Gasteiger partial charge in [-0.2, -0.15) is 0 Å². The molecule has 0 amide bonds. The second kappa shape index (κ2) is 11.9. The van der Waals surface area contributed by atoms with E-state index < -0.39 is 0 Å². The topological polar surface area (TPSA) is 6.48 Å². The Labute approximate surface area is 261 Å². The third-order valence-corrected chi connectivity index (χ3v) is 9.10. The molecule has 216 valence electrons. The van der Waals surface area contributed by atoms with Crippen LogP contribution in [0.25, 0.3) is 11.6 Å². The van der Waals surface area contributed by atoms with Crippen molar-refractivity contribution >= 4 is 40.1 Å². The molecule has 0 fully saturated rings. The van der Waals surface area contributed by atoms with E-state index in [4.69, 9.17) is 0 Å². The normalized spacial score (nSPS) is 18.8. The van der Waals surface area contributed by atoms with Crippen molar-refractivity contribution in [1.82, 2.24) is 0 Å². The maximum absolute atomic E-state index is 2.49. The van der Waals surface area contributed by atoms with E-state index in [1.807, 2.05) is 0 Å². The fraction of sp³-hybridized carbons (Fsp3) is 0.143. The van der Waals surface area contributed by atoms with Crippen LogP contribution in [0.4, 0.5) is 28.4 Å². The third kappa shape index (κ3) is 5.18. The summed E-state index contributed by atoms with van der Waals surface area (Å²) in [6, 6.07) is 47.7. The van der Waals surface area contributed by atoms with Gasteiger partial charge in [0.25, 0.3) is 0 Å². The first-order valence-electron chi connectivity index (χ1n) is 15.6. The van der Waals surface area contributed by atoms with Crippen LogP contribution in [0.1, 0.15) is 43.4 Å². The summed E-state index contributed by atoms with van der Waals surface area (Å²) in [5.41, 5.74) is 12.6. The van der Waals surface area contributed by atoms with Gasteiger partial charge in [-0.1, -0.05) is 103 Å². The molecular formula is C42H38N2. The average Bonchev–Trinajstić information content (AvgIpc) is 3.07. The lowest BCUT2D eigenvalue weighted by molar-refractivity contribution is 0.575. The van der Waals surface area contributed by atoms with Crippen LogP contribution < -0.4 is 9.80 Å². The van der Waals surface area contributed by atoms with Gasteiger partial charge < -0.3 is 9.80 Å². The largest absolute Gasteiger partial charge is 0.332 e. The summed E-state index contributed by atoms with van der Waals surface area (Å²) >= 11 is 0. The summed E-state index contributed by atoms with van der Waals surface area (Å²) in [5.74, 6) is 0. The van der Waals surface area contributed by atoms with Crippen LogP contribution in [-0.2, 0) is 6.42 Å². The van der Waals surface area contributed by atoms with Gasteiger partial charge in [0.15, 0.2) is 0 Å². The standard InChI is InChI=1S/C42H38N2/c1-32-33-25-27-39-40(43(35-17-7-3-8-18-35)36-19-9-4-10-20-36)28-26-34(41(32)39)16-15-30-42(2,31-29-33)44(37-21-11-5-12-22-37)38-23-13-6-14-24-38/h3-24,26,28-29,31H,25,27,30H2,1-2H3/b16-15-,31-29-. The number of rotatable bonds is 6. The fourth-order valence-electron chi connectivity index (χ4n) is 6.93. The van der Waals surface area contributed by atoms with Gasteiger partial charge in [0.05, 0.1) is 5.54 Å². The number of para-hydroxylation sites is 4. The highest BCUT2D eigenvalue weighted by Crippen LogP contribution is 2.45. The molecule has 44 heavy (non-hydrogen) atoms. The second-order valence-electron chi connectivity index (χ2n) is 12.0. The lowest BCUT2D eigenvalue weighted by atomic mass is 9.80. The first-order chi connectivity index (χ1) is 21.6. The van der Waals surface area contributed by atoms with E-state index in [0.29, 0.717) is 0 Å². The van der Waals surface area contributed by atoms with E-state index in [9.17, 15) is 0 Å². The van der Waals surface area contributed by atoms with Gasteiger partial charge >= 0.3 is 0 Å². The van der Waals surface area contributed by atoms with Crippen molar-refractivity contribution in [2.45, 2.75) is 38.6 Å². The highest BCUT2D eigenvalue weighted by Gasteiger charge is 2.32. The highest BCUT2D eigenvalue weighted by molar-refractivity contribution is 5.88. The van der Waals surface area contributed by atoms with Gasteiger partial charge in [-0.25, -0.2) is 0 Å². The Morgan fingerprint density at radius 3 is 1.64 bits per heavy atom. The predicted molar refractivity (Wildman–Crippen MR) is 188 cm³/mol. The van der Waals surface area contributed by atoms with Crippen molar-refractivity contribution in [3.05, 3.63) is 174 Å². The van der Waals surface area contributed by atoms with Crippen LogP contribution in [-0.4, -0.2) is 5.54 Å². The smallest absolute Gasteiger partial charge is 0.0642 e. The molecule has 2 aliphatic rings. The third-order valence-electron chi connectivity index (χ3n) is 9.10. The molecule has 1 unspecified atom stereocenters. The minimum Gasteiger partial charge on any atom is -0.332 e. The van der Waals surface area contributed by atoms with E-state index in [1.165, 1.54) is 56.3 Å². The SMILES string of the molecule is CC1=C2/C=C\C(C)(N(c3ccccc3)c3ccccc3)C/C=C\c3ccc(N(c4ccccc4)c4ccccc4)c(c31)CC2. The molecule has 5 aromatic rings. The molecule has 0 heterocycles. The maximum atomic E-state index is 2.49. The summed E-state index contributed by atoms with van der Waals surface area (Å²) in [5, 5.41) is 0. The van der Waals surface area contributed by atoms with E-state index in [0.717, 1.165) is 19.3 Å². The summed E-state index contributed by atoms with van der Waals surface area (Å²) < 4.78 is 0. The van der Waals surface area contributed by atoms with Crippen molar-refractivity contribution < 1.29 is 0 Å². The molecule has 2 nitrogen and oxygen atoms in total. The molecule has 2 heteroatoms. The molecule has 2 aliphatic carbocycles. The quantitative estimate of drug-likeness (QED) is 0.200. The molecule has 1 atom stereocenters. The van der Waals surface area contributed by atoms with Crippen molar-refractivity contribution in [3.63, 3.8) is 0 Å². The average molecular weight is 571 g/mol. The summed E-state index contributed by atoms with van der Waals surface area (Å²) in [6.07, 6.45) is 12.5. The first-order valence-corrected chi connectivity index (χ1v) is 15.6. The van der Waals surface area contributed by atoms with Crippen molar-refractivity contribution in [3.8, 4) is 0 Å². The molecule has 5 aromatic carbocycles. The number of nitrogens with zero attached hydrogens (tertiary/aromatic N) is 2. The van der Waals surface area contributed by atoms with E-state index in [2.05, 4.69) is 181 Å². The van der Waals surface area contributed by atoms with E-state index in [-0.39, 0.29) is 5.54 Å². The molecule has 0 saturated carbocycles. The van der Waals surface area contributed by atoms with Gasteiger partial charge in [0.2, 0.25) is 0 Å². The summed E-state index contributed by atoms with van der Waals surface area (Å²) in [6.45, 7) is 4.68. The van der Waals surface area contributed by atoms with Crippen LogP contribution in [0.2, 0.25) is 0 Å². The van der Waals surface area contributed by atoms with Crippen LogP contribution >= 0.6 is 0 Å². The fourth-order valence-corrected chi connectivity index (χ4v) is 6.93. The monoisotopic (exact) mass is 570 g/mol. The Morgan fingerprint density at radius 1 is 0.568 bits per heavy atom. The van der Waals surface area contributed by atoms with Crippen molar-refractivity contribution in [1.29, 1.82) is 0 Å². The zero-order valence-electron chi connectivity index (χ0n) is 25.5. The molecule has 0 radical (unpaired) electrons. The molecule has 0 saturated heterocycles. The molecule has 0 N–H and O–H groups in total. The zero-order chi connectivity index (χ0) is 29.9. The Bertz CT molecular complexity index is 1760. The molecule has 2 bridgehead atoms. The van der Waals surface area contributed by atoms with Crippen LogP contribution in [0, 0.1) is 0 Å². The minimum absolute atomic E-state index is 0.262. The number of anilines is 5. The second-order valence-corrected chi connectivity index (χ2v) is 12.0. The Morgan fingerprint density at radius 2 is 1.09 bits per heavy atom. The lowest BCUT2D eigenvalue weighted by Crippen LogP contribution is -2.41. The Hall–Kier alpha value is -5.08. The van der Waals surface area contributed by atoms with Gasteiger partial charge in [-0.3, -0.25) is 0 Å². The minimum atomic E-state index is -0.262. The van der Waals surface area contributed by atoms with Gasteiger partial charge in [0, 0.05) is 28.4 Å². The summed E-state index contributed by atoms with van der Waals surface area (Å²) in [7, 11) is 0. The number of benzene rings is 5. The number of allylic oxidation sites excluding steroid dienone is 3. The zero-order valence-corrected chi connectivity index (χ0v) is 25.5. The van der Waals surface area contributed by atoms with Crippen molar-refractivity contribution in [2.24, 2.45) is 0 Å². The molecule has 7 rings (SSSR count). The number of hydrogen-bond donors (Lipinski definition) is 0. The lowest BCUT2D eigenvalue weighted by Gasteiger charge is -2.41. The summed E-state index contributed by atoms with van der Waals surface area (Å²) in [4.78, 5) is 4.90.